The van der Waals surface area contributed by atoms with Crippen LogP contribution in [0.4, 0.5) is 13.2 Å². The van der Waals surface area contributed by atoms with E-state index in [0.29, 0.717) is 0 Å². The van der Waals surface area contributed by atoms with E-state index in [1.807, 2.05) is 55.4 Å². The second-order valence-electron chi connectivity index (χ2n) is 4.40. The quantitative estimate of drug-likeness (QED) is 0.438. The van der Waals surface area contributed by atoms with Crippen LogP contribution in [0.3, 0.4) is 0 Å². The highest BCUT2D eigenvalue weighted by molar-refractivity contribution is 5.25. The third kappa shape index (κ3) is 36.9. The zero-order valence-corrected chi connectivity index (χ0v) is 19.2. The van der Waals surface area contributed by atoms with Gasteiger partial charge in [-0.25, -0.2) is 0 Å². The van der Waals surface area contributed by atoms with Crippen molar-refractivity contribution in [3.63, 3.8) is 0 Å². The predicted molar refractivity (Wildman–Crippen MR) is 124 cm³/mol. The van der Waals surface area contributed by atoms with E-state index in [-0.39, 0.29) is 0 Å². The van der Waals surface area contributed by atoms with E-state index in [9.17, 15) is 13.2 Å². The molecule has 0 amide bonds. The van der Waals surface area contributed by atoms with Gasteiger partial charge in [0.25, 0.3) is 0 Å². The minimum atomic E-state index is -3.67. The molecule has 0 saturated heterocycles. The molecule has 0 spiro atoms. The Labute approximate surface area is 177 Å². The summed E-state index contributed by atoms with van der Waals surface area (Å²) < 4.78 is 29.0. The maximum Gasteiger partial charge on any atom is 0.379 e. The number of halogens is 3. The molecular weight excluding hydrogens is 369 g/mol. The molecule has 162 valence electrons. The van der Waals surface area contributed by atoms with Gasteiger partial charge in [-0.05, 0) is 45.2 Å². The fourth-order valence-electron chi connectivity index (χ4n) is 1.43. The van der Waals surface area contributed by atoms with Crippen LogP contribution in [0.25, 0.3) is 0 Å². The highest BCUT2D eigenvalue weighted by Gasteiger charge is 1.92. The van der Waals surface area contributed by atoms with Gasteiger partial charge in [-0.2, -0.15) is 13.2 Å². The molecular formula is C26H37F3. The SMILES string of the molecule is CC.CC.CC#CC.CC#CC.FC(F)F.c1ccc(Cc2ccccc2)cc1. The first-order chi connectivity index (χ1) is 14.0. The number of benzene rings is 2. The van der Waals surface area contributed by atoms with Crippen molar-refractivity contribution in [1.82, 2.24) is 0 Å². The summed E-state index contributed by atoms with van der Waals surface area (Å²) in [6.45, 7) is 11.6. The number of hydrogen-bond donors (Lipinski definition) is 0. The molecule has 0 radical (unpaired) electrons. The van der Waals surface area contributed by atoms with Crippen LogP contribution in [-0.2, 0) is 6.42 Å². The second-order valence-corrected chi connectivity index (χ2v) is 4.40. The van der Waals surface area contributed by atoms with Crippen molar-refractivity contribution in [2.24, 2.45) is 0 Å². The average molecular weight is 407 g/mol. The average Bonchev–Trinajstić information content (AvgIpc) is 2.78. The van der Waals surface area contributed by atoms with Crippen LogP contribution in [0.15, 0.2) is 60.7 Å². The molecule has 0 saturated carbocycles. The van der Waals surface area contributed by atoms with Gasteiger partial charge in [0.05, 0.1) is 0 Å². The summed E-state index contributed by atoms with van der Waals surface area (Å²) in [5.74, 6) is 10.7. The lowest BCUT2D eigenvalue weighted by atomic mass is 10.1. The maximum atomic E-state index is 9.67. The van der Waals surface area contributed by atoms with Crippen molar-refractivity contribution in [3.8, 4) is 23.7 Å². The van der Waals surface area contributed by atoms with E-state index in [0.717, 1.165) is 6.42 Å². The first kappa shape index (κ1) is 33.9. The smallest absolute Gasteiger partial charge is 0.174 e. The number of rotatable bonds is 2. The van der Waals surface area contributed by atoms with Crippen molar-refractivity contribution >= 4 is 0 Å². The van der Waals surface area contributed by atoms with Gasteiger partial charge in [-0.15, -0.1) is 23.7 Å². The third-order valence-electron chi connectivity index (χ3n) is 2.59. The van der Waals surface area contributed by atoms with Crippen LogP contribution in [0.2, 0.25) is 0 Å². The van der Waals surface area contributed by atoms with Gasteiger partial charge < -0.3 is 0 Å². The van der Waals surface area contributed by atoms with Crippen LogP contribution in [0, 0.1) is 23.7 Å². The van der Waals surface area contributed by atoms with E-state index in [4.69, 9.17) is 0 Å². The Morgan fingerprint density at radius 1 is 0.552 bits per heavy atom. The Morgan fingerprint density at radius 2 is 0.759 bits per heavy atom. The molecule has 0 heterocycles. The summed E-state index contributed by atoms with van der Waals surface area (Å²) in [6, 6.07) is 21.1. The lowest BCUT2D eigenvalue weighted by Crippen LogP contribution is -1.85. The minimum Gasteiger partial charge on any atom is -0.174 e. The van der Waals surface area contributed by atoms with E-state index in [1.165, 1.54) is 11.1 Å². The van der Waals surface area contributed by atoms with Gasteiger partial charge in [0, 0.05) is 0 Å². The highest BCUT2D eigenvalue weighted by atomic mass is 19.4. The van der Waals surface area contributed by atoms with Gasteiger partial charge in [0.2, 0.25) is 0 Å². The molecule has 0 aliphatic heterocycles. The predicted octanol–water partition coefficient (Wildman–Crippen LogP) is 8.57. The van der Waals surface area contributed by atoms with Crippen molar-refractivity contribution in [1.29, 1.82) is 0 Å². The summed E-state index contributed by atoms with van der Waals surface area (Å²) in [7, 11) is 0. The molecule has 0 unspecified atom stereocenters. The van der Waals surface area contributed by atoms with E-state index in [2.05, 4.69) is 84.3 Å². The normalized spacial score (nSPS) is 7.03. The molecule has 2 aromatic carbocycles. The van der Waals surface area contributed by atoms with Crippen LogP contribution >= 0.6 is 0 Å². The Balaban J connectivity index is -0.000000164. The summed E-state index contributed by atoms with van der Waals surface area (Å²) >= 11 is 0. The van der Waals surface area contributed by atoms with Crippen molar-refractivity contribution < 1.29 is 13.2 Å². The summed E-state index contributed by atoms with van der Waals surface area (Å²) in [5, 5.41) is 0. The standard InChI is InChI=1S/C13H12.2C4H6.2C2H6.CHF3/c1-3-7-12(8-4-1)11-13-9-5-2-6-10-13;2*1-3-4-2;2*1-2;2-1(3)4/h1-10H,11H2;2*1-2H3;2*1-2H3;1H. The van der Waals surface area contributed by atoms with Gasteiger partial charge in [-0.1, -0.05) is 88.4 Å². The van der Waals surface area contributed by atoms with Crippen LogP contribution in [-0.4, -0.2) is 6.68 Å². The third-order valence-corrected chi connectivity index (χ3v) is 2.59. The molecule has 0 atom stereocenters. The fraction of sp³-hybridized carbons (Fsp3) is 0.385. The summed E-state index contributed by atoms with van der Waals surface area (Å²) in [4.78, 5) is 0. The zero-order chi connectivity index (χ0) is 23.3. The van der Waals surface area contributed by atoms with Crippen LogP contribution in [0.1, 0.15) is 66.5 Å². The number of alkyl halides is 3. The summed E-state index contributed by atoms with van der Waals surface area (Å²) in [5.41, 5.74) is 2.74. The molecule has 0 aliphatic rings. The Kier molecular flexibility index (Phi) is 38.5. The lowest BCUT2D eigenvalue weighted by Gasteiger charge is -2.00. The van der Waals surface area contributed by atoms with E-state index >= 15 is 0 Å². The maximum absolute atomic E-state index is 9.67. The first-order valence-corrected chi connectivity index (χ1v) is 9.68. The molecule has 0 N–H and O–H groups in total. The highest BCUT2D eigenvalue weighted by Crippen LogP contribution is 2.07. The largest absolute Gasteiger partial charge is 0.379 e. The molecule has 0 fully saturated rings. The van der Waals surface area contributed by atoms with Gasteiger partial charge in [0.15, 0.2) is 0 Å². The molecule has 3 heteroatoms. The van der Waals surface area contributed by atoms with Crippen LogP contribution < -0.4 is 0 Å². The molecule has 2 rings (SSSR count). The Morgan fingerprint density at radius 3 is 0.931 bits per heavy atom. The van der Waals surface area contributed by atoms with E-state index in [1.54, 1.807) is 0 Å². The zero-order valence-electron chi connectivity index (χ0n) is 19.2. The molecule has 29 heavy (non-hydrogen) atoms. The minimum absolute atomic E-state index is 1.03. The molecule has 0 aliphatic carbocycles. The number of hydrogen-bond acceptors (Lipinski definition) is 0. The monoisotopic (exact) mass is 406 g/mol. The lowest BCUT2D eigenvalue weighted by molar-refractivity contribution is 0.00819. The van der Waals surface area contributed by atoms with Crippen molar-refractivity contribution in [2.45, 2.75) is 68.5 Å². The van der Waals surface area contributed by atoms with Crippen molar-refractivity contribution in [2.75, 3.05) is 0 Å². The van der Waals surface area contributed by atoms with E-state index < -0.39 is 6.68 Å². The topological polar surface area (TPSA) is 0 Å². The van der Waals surface area contributed by atoms with Gasteiger partial charge in [0.1, 0.15) is 0 Å². The molecule has 2 aromatic rings. The second kappa shape index (κ2) is 33.0. The first-order valence-electron chi connectivity index (χ1n) is 9.68. The fourth-order valence-corrected chi connectivity index (χ4v) is 1.43. The Bertz CT molecular complexity index is 557. The summed E-state index contributed by atoms with van der Waals surface area (Å²) in [6.07, 6.45) is 1.03. The molecule has 0 aromatic heterocycles. The molecule has 0 nitrogen and oxygen atoms in total. The molecule has 0 bridgehead atoms. The van der Waals surface area contributed by atoms with Crippen molar-refractivity contribution in [3.05, 3.63) is 71.8 Å². The van der Waals surface area contributed by atoms with Gasteiger partial charge in [-0.3, -0.25) is 0 Å². The van der Waals surface area contributed by atoms with Gasteiger partial charge >= 0.3 is 6.68 Å². The van der Waals surface area contributed by atoms with Crippen LogP contribution in [0.5, 0.6) is 0 Å². The Hall–Kier alpha value is -2.65.